The van der Waals surface area contributed by atoms with E-state index in [4.69, 9.17) is 17.2 Å². The second kappa shape index (κ2) is 4.84. The molecule has 2 aromatic carbocycles. The van der Waals surface area contributed by atoms with Crippen LogP contribution in [0.4, 0.5) is 0 Å². The molecule has 2 nitrogen and oxygen atoms in total. The third-order valence-electron chi connectivity index (χ3n) is 3.64. The molecule has 1 atom stereocenters. The summed E-state index contributed by atoms with van der Waals surface area (Å²) in [5.41, 5.74) is 3.81. The first kappa shape index (κ1) is 13.0. The zero-order valence-corrected chi connectivity index (χ0v) is 12.4. The molecule has 0 aliphatic carbocycles. The van der Waals surface area contributed by atoms with Gasteiger partial charge in [-0.3, -0.25) is 0 Å². The topological polar surface area (TPSA) is 24.4 Å². The van der Waals surface area contributed by atoms with Crippen LogP contribution in [-0.2, 0) is 5.66 Å². The molecule has 0 bridgehead atoms. The van der Waals surface area contributed by atoms with Gasteiger partial charge in [-0.1, -0.05) is 66.8 Å². The smallest absolute Gasteiger partial charge is 0.154 e. The number of hydrogen-bond acceptors (Lipinski definition) is 2. The van der Waals surface area contributed by atoms with E-state index in [0.717, 1.165) is 16.8 Å². The van der Waals surface area contributed by atoms with E-state index in [-0.39, 0.29) is 0 Å². The van der Waals surface area contributed by atoms with E-state index in [1.165, 1.54) is 5.56 Å². The predicted molar refractivity (Wildman–Crippen MR) is 87.2 cm³/mol. The maximum Gasteiger partial charge on any atom is 0.154 e. The molecule has 100 valence electrons. The zero-order chi connectivity index (χ0) is 14.2. The lowest BCUT2D eigenvalue weighted by atomic mass is 10.0. The van der Waals surface area contributed by atoms with Crippen molar-refractivity contribution < 1.29 is 0 Å². The van der Waals surface area contributed by atoms with Gasteiger partial charge in [0, 0.05) is 5.56 Å². The summed E-state index contributed by atoms with van der Waals surface area (Å²) in [6.07, 6.45) is 0. The predicted octanol–water partition coefficient (Wildman–Crippen LogP) is 3.59. The van der Waals surface area contributed by atoms with Crippen LogP contribution in [0.1, 0.15) is 23.6 Å². The van der Waals surface area contributed by atoms with Crippen LogP contribution in [0.5, 0.6) is 0 Å². The third-order valence-corrected chi connectivity index (χ3v) is 3.94. The van der Waals surface area contributed by atoms with E-state index < -0.39 is 5.66 Å². The van der Waals surface area contributed by atoms with Gasteiger partial charge in [-0.25, -0.2) is 4.99 Å². The maximum atomic E-state index is 5.49. The van der Waals surface area contributed by atoms with Gasteiger partial charge >= 0.3 is 0 Å². The summed E-state index contributed by atoms with van der Waals surface area (Å²) in [4.78, 5) is 5.58. The average molecular weight is 280 g/mol. The molecule has 1 heterocycles. The number of benzene rings is 2. The van der Waals surface area contributed by atoms with Gasteiger partial charge in [0.15, 0.2) is 5.66 Å². The minimum atomic E-state index is -0.476. The van der Waals surface area contributed by atoms with Crippen molar-refractivity contribution in [2.45, 2.75) is 19.5 Å². The monoisotopic (exact) mass is 280 g/mol. The summed E-state index contributed by atoms with van der Waals surface area (Å²) >= 11 is 5.49. The summed E-state index contributed by atoms with van der Waals surface area (Å²) in [5, 5.41) is 3.35. The van der Waals surface area contributed by atoms with Crippen LogP contribution in [-0.4, -0.2) is 10.7 Å². The molecular formula is C17H16N2S. The SMILES string of the molecule is Cc1ccccc1C1=NC(C)(c2ccccc2)NC1=S. The average Bonchev–Trinajstić information content (AvgIpc) is 2.77. The van der Waals surface area contributed by atoms with E-state index in [0.29, 0.717) is 4.99 Å². The molecule has 0 saturated carbocycles. The summed E-state index contributed by atoms with van der Waals surface area (Å²) in [5.74, 6) is 0. The van der Waals surface area contributed by atoms with Crippen LogP contribution >= 0.6 is 12.2 Å². The Hall–Kier alpha value is -2.00. The first-order valence-corrected chi connectivity index (χ1v) is 7.05. The van der Waals surface area contributed by atoms with Gasteiger partial charge in [-0.15, -0.1) is 0 Å². The minimum absolute atomic E-state index is 0.476. The van der Waals surface area contributed by atoms with Gasteiger partial charge in [0.1, 0.15) is 10.7 Å². The molecule has 0 fully saturated rings. The summed E-state index contributed by atoms with van der Waals surface area (Å²) in [6.45, 7) is 4.14. The van der Waals surface area contributed by atoms with Gasteiger partial charge < -0.3 is 5.32 Å². The number of aryl methyl sites for hydroxylation is 1. The number of rotatable bonds is 2. The molecule has 3 heteroatoms. The molecule has 0 radical (unpaired) electrons. The summed E-state index contributed by atoms with van der Waals surface area (Å²) in [7, 11) is 0. The van der Waals surface area contributed by atoms with Crippen LogP contribution in [0.3, 0.4) is 0 Å². The van der Waals surface area contributed by atoms with Crippen molar-refractivity contribution in [3.63, 3.8) is 0 Å². The number of nitrogens with zero attached hydrogens (tertiary/aromatic N) is 1. The molecule has 0 amide bonds. The second-order valence-corrected chi connectivity index (χ2v) is 5.58. The van der Waals surface area contributed by atoms with Gasteiger partial charge in [0.05, 0.1) is 0 Å². The number of thiocarbonyl (C=S) groups is 1. The highest BCUT2D eigenvalue weighted by molar-refractivity contribution is 7.82. The van der Waals surface area contributed by atoms with Crippen LogP contribution in [0.2, 0.25) is 0 Å². The molecule has 1 aliphatic heterocycles. The van der Waals surface area contributed by atoms with Crippen molar-refractivity contribution in [3.8, 4) is 0 Å². The largest absolute Gasteiger partial charge is 0.347 e. The first-order chi connectivity index (χ1) is 9.60. The zero-order valence-electron chi connectivity index (χ0n) is 11.6. The van der Waals surface area contributed by atoms with Gasteiger partial charge in [-0.2, -0.15) is 0 Å². The Morgan fingerprint density at radius 2 is 1.65 bits per heavy atom. The molecule has 3 rings (SSSR count). The molecular weight excluding hydrogens is 264 g/mol. The minimum Gasteiger partial charge on any atom is -0.347 e. The Bertz CT molecular complexity index is 691. The Morgan fingerprint density at radius 3 is 2.35 bits per heavy atom. The molecule has 0 saturated heterocycles. The lowest BCUT2D eigenvalue weighted by Gasteiger charge is -2.22. The second-order valence-electron chi connectivity index (χ2n) is 5.17. The maximum absolute atomic E-state index is 5.49. The van der Waals surface area contributed by atoms with Crippen LogP contribution in [0, 0.1) is 6.92 Å². The molecule has 0 aromatic heterocycles. The van der Waals surface area contributed by atoms with Crippen LogP contribution < -0.4 is 5.32 Å². The highest BCUT2D eigenvalue weighted by Gasteiger charge is 2.35. The Labute approximate surface area is 124 Å². The normalized spacial score (nSPS) is 21.5. The van der Waals surface area contributed by atoms with Gasteiger partial charge in [0.2, 0.25) is 0 Å². The van der Waals surface area contributed by atoms with Crippen molar-refractivity contribution in [2.75, 3.05) is 0 Å². The standard InChI is InChI=1S/C17H16N2S/c1-12-8-6-7-11-14(12)15-16(20)19-17(2,18-15)13-9-4-3-5-10-13/h3-11H,1-2H3,(H,19,20). The highest BCUT2D eigenvalue weighted by Crippen LogP contribution is 2.28. The van der Waals surface area contributed by atoms with Crippen LogP contribution in [0.25, 0.3) is 0 Å². The van der Waals surface area contributed by atoms with Gasteiger partial charge in [0.25, 0.3) is 0 Å². The van der Waals surface area contributed by atoms with Crippen molar-refractivity contribution in [1.82, 2.24) is 5.32 Å². The number of hydrogen-bond donors (Lipinski definition) is 1. The molecule has 1 unspecified atom stereocenters. The lowest BCUT2D eigenvalue weighted by molar-refractivity contribution is 0.480. The van der Waals surface area contributed by atoms with E-state index in [1.807, 2.05) is 30.3 Å². The van der Waals surface area contributed by atoms with E-state index >= 15 is 0 Å². The molecule has 0 spiro atoms. The van der Waals surface area contributed by atoms with E-state index in [1.54, 1.807) is 0 Å². The van der Waals surface area contributed by atoms with Crippen molar-refractivity contribution in [2.24, 2.45) is 4.99 Å². The molecule has 1 N–H and O–H groups in total. The fraction of sp³-hybridized carbons (Fsp3) is 0.176. The Kier molecular flexibility index (Phi) is 3.14. The molecule has 20 heavy (non-hydrogen) atoms. The van der Waals surface area contributed by atoms with Crippen molar-refractivity contribution in [1.29, 1.82) is 0 Å². The Morgan fingerprint density at radius 1 is 1.00 bits per heavy atom. The van der Waals surface area contributed by atoms with Gasteiger partial charge in [-0.05, 0) is 25.0 Å². The third kappa shape index (κ3) is 2.14. The summed E-state index contributed by atoms with van der Waals surface area (Å²) < 4.78 is 0. The van der Waals surface area contributed by atoms with E-state index in [2.05, 4.69) is 43.4 Å². The fourth-order valence-electron chi connectivity index (χ4n) is 2.50. The first-order valence-electron chi connectivity index (χ1n) is 6.64. The molecule has 1 aliphatic rings. The fourth-order valence-corrected chi connectivity index (χ4v) is 2.86. The lowest BCUT2D eigenvalue weighted by Crippen LogP contribution is -2.36. The Balaban J connectivity index is 2.08. The molecule has 2 aromatic rings. The number of nitrogens with one attached hydrogen (secondary N) is 1. The van der Waals surface area contributed by atoms with Crippen molar-refractivity contribution >= 4 is 22.9 Å². The highest BCUT2D eigenvalue weighted by atomic mass is 32.1. The van der Waals surface area contributed by atoms with Crippen LogP contribution in [0.15, 0.2) is 59.6 Å². The number of aliphatic imine (C=N–C) groups is 1. The van der Waals surface area contributed by atoms with E-state index in [9.17, 15) is 0 Å². The quantitative estimate of drug-likeness (QED) is 0.850. The summed E-state index contributed by atoms with van der Waals surface area (Å²) in [6, 6.07) is 18.4. The van der Waals surface area contributed by atoms with Crippen molar-refractivity contribution in [3.05, 3.63) is 71.3 Å².